The number of methoxy groups -OCH3 is 1. The second-order valence-corrected chi connectivity index (χ2v) is 2.78. The molecule has 0 fully saturated rings. The molecule has 0 bridgehead atoms. The number of nitrogens with one attached hydrogen (secondary N) is 1. The Labute approximate surface area is 91.9 Å². The van der Waals surface area contributed by atoms with Crippen molar-refractivity contribution in [3.05, 3.63) is 23.8 Å². The number of carbonyl (C=O) groups is 1. The molecular weight excluding hydrogens is 221 g/mol. The van der Waals surface area contributed by atoms with Crippen LogP contribution in [0.4, 0.5) is 4.39 Å². The summed E-state index contributed by atoms with van der Waals surface area (Å²) in [6.07, 6.45) is 0. The van der Waals surface area contributed by atoms with Gasteiger partial charge in [0.15, 0.2) is 11.5 Å². The van der Waals surface area contributed by atoms with Gasteiger partial charge in [0.2, 0.25) is 6.86 Å². The summed E-state index contributed by atoms with van der Waals surface area (Å²) in [5.74, 6) is 0.141. The fourth-order valence-corrected chi connectivity index (χ4v) is 1.18. The van der Waals surface area contributed by atoms with Gasteiger partial charge in [-0.3, -0.25) is 9.52 Å². The van der Waals surface area contributed by atoms with Crippen molar-refractivity contribution in [1.29, 1.82) is 0 Å². The lowest BCUT2D eigenvalue weighted by atomic mass is 10.2. The first-order chi connectivity index (χ1) is 7.22. The molecule has 0 heterocycles. The van der Waals surface area contributed by atoms with Crippen molar-refractivity contribution in [2.45, 2.75) is 0 Å². The predicted molar refractivity (Wildman–Crippen MR) is 56.0 cm³/mol. The third-order valence-corrected chi connectivity index (χ3v) is 1.94. The van der Waals surface area contributed by atoms with Crippen molar-refractivity contribution < 1.29 is 18.7 Å². The molecule has 0 radical (unpaired) electrons. The Morgan fingerprint density at radius 1 is 1.53 bits per heavy atom. The lowest BCUT2D eigenvalue weighted by Crippen LogP contribution is -2.12. The van der Waals surface area contributed by atoms with Crippen LogP contribution < -0.4 is 14.2 Å². The third kappa shape index (κ3) is 2.76. The van der Waals surface area contributed by atoms with Crippen LogP contribution in [0.1, 0.15) is 10.4 Å². The first-order valence-corrected chi connectivity index (χ1v) is 4.49. The minimum absolute atomic E-state index is 0.175. The molecule has 0 spiro atoms. The Hall–Kier alpha value is -1.43. The van der Waals surface area contributed by atoms with Crippen molar-refractivity contribution in [2.75, 3.05) is 14.0 Å². The van der Waals surface area contributed by atoms with E-state index in [0.29, 0.717) is 11.3 Å². The summed E-state index contributed by atoms with van der Waals surface area (Å²) in [5, 5.41) is 0. The number of alkyl halides is 1. The number of hydrogen-bond donors (Lipinski definition) is 2. The summed E-state index contributed by atoms with van der Waals surface area (Å²) < 4.78 is 23.8. The first kappa shape index (κ1) is 11.6. The van der Waals surface area contributed by atoms with Gasteiger partial charge < -0.3 is 9.47 Å². The Bertz CT molecular complexity index is 359. The summed E-state index contributed by atoms with van der Waals surface area (Å²) in [6, 6.07) is 4.42. The zero-order valence-electron chi connectivity index (χ0n) is 7.99. The van der Waals surface area contributed by atoms with Crippen LogP contribution in [0.15, 0.2) is 18.2 Å². The molecule has 4 nitrogen and oxygen atoms in total. The zero-order chi connectivity index (χ0) is 11.3. The Morgan fingerprint density at radius 2 is 2.27 bits per heavy atom. The molecule has 0 aliphatic rings. The minimum Gasteiger partial charge on any atom is -0.493 e. The summed E-state index contributed by atoms with van der Waals surface area (Å²) >= 11 is 3.62. The molecule has 82 valence electrons. The number of thiol groups is 1. The number of rotatable bonds is 4. The Morgan fingerprint density at radius 3 is 2.80 bits per heavy atom. The van der Waals surface area contributed by atoms with E-state index in [1.165, 1.54) is 25.3 Å². The molecular formula is C9H10FNO3S. The van der Waals surface area contributed by atoms with E-state index < -0.39 is 12.8 Å². The van der Waals surface area contributed by atoms with Gasteiger partial charge in [-0.1, -0.05) is 12.8 Å². The minimum atomic E-state index is -0.984. The molecule has 0 aliphatic heterocycles. The topological polar surface area (TPSA) is 47.6 Å². The largest absolute Gasteiger partial charge is 0.493 e. The van der Waals surface area contributed by atoms with Crippen LogP contribution in [-0.2, 0) is 0 Å². The van der Waals surface area contributed by atoms with Crippen molar-refractivity contribution in [2.24, 2.45) is 0 Å². The monoisotopic (exact) mass is 231 g/mol. The maximum absolute atomic E-state index is 12.0. The van der Waals surface area contributed by atoms with Gasteiger partial charge in [0, 0.05) is 5.56 Å². The van der Waals surface area contributed by atoms with E-state index in [4.69, 9.17) is 4.74 Å². The zero-order valence-corrected chi connectivity index (χ0v) is 8.88. The lowest BCUT2D eigenvalue weighted by Gasteiger charge is -2.09. The summed E-state index contributed by atoms with van der Waals surface area (Å²) in [7, 11) is 1.43. The van der Waals surface area contributed by atoms with Crippen LogP contribution in [0.5, 0.6) is 11.5 Å². The fourth-order valence-electron chi connectivity index (χ4n) is 1.05. The van der Waals surface area contributed by atoms with E-state index in [9.17, 15) is 9.18 Å². The molecule has 0 unspecified atom stereocenters. The molecule has 0 saturated heterocycles. The van der Waals surface area contributed by atoms with Crippen molar-refractivity contribution in [3.63, 3.8) is 0 Å². The Balaban J connectivity index is 3.04. The second-order valence-electron chi connectivity index (χ2n) is 2.56. The average Bonchev–Trinajstić information content (AvgIpc) is 2.28. The number of benzene rings is 1. The van der Waals surface area contributed by atoms with E-state index in [2.05, 4.69) is 22.3 Å². The normalized spacial score (nSPS) is 9.53. The van der Waals surface area contributed by atoms with Gasteiger partial charge in [-0.25, -0.2) is 4.39 Å². The molecule has 0 saturated carbocycles. The van der Waals surface area contributed by atoms with E-state index in [1.54, 1.807) is 0 Å². The molecule has 1 aromatic rings. The highest BCUT2D eigenvalue weighted by Gasteiger charge is 2.09. The fraction of sp³-hybridized carbons (Fsp3) is 0.222. The summed E-state index contributed by atoms with van der Waals surface area (Å²) in [4.78, 5) is 11.2. The van der Waals surface area contributed by atoms with Gasteiger partial charge in [-0.15, -0.1) is 0 Å². The number of halogens is 1. The molecule has 6 heteroatoms. The highest BCUT2D eigenvalue weighted by molar-refractivity contribution is 7.78. The standard InChI is InChI=1S/C9H10FNO3S/c1-13-7-3-2-6(9(12)11-15)4-8(7)14-5-10/h2-4,15H,5H2,1H3,(H,11,12). The van der Waals surface area contributed by atoms with E-state index in [-0.39, 0.29) is 5.75 Å². The van der Waals surface area contributed by atoms with Gasteiger partial charge in [0.25, 0.3) is 5.91 Å². The molecule has 0 aromatic heterocycles. The summed E-state index contributed by atoms with van der Waals surface area (Å²) in [6.45, 7) is -0.984. The molecule has 1 aromatic carbocycles. The van der Waals surface area contributed by atoms with Gasteiger partial charge in [-0.2, -0.15) is 0 Å². The number of ether oxygens (including phenoxy) is 2. The Kier molecular flexibility index (Phi) is 4.23. The van der Waals surface area contributed by atoms with Gasteiger partial charge >= 0.3 is 0 Å². The second kappa shape index (κ2) is 5.45. The number of hydrogen-bond acceptors (Lipinski definition) is 4. The van der Waals surface area contributed by atoms with Crippen LogP contribution in [0.2, 0.25) is 0 Å². The third-order valence-electron chi connectivity index (χ3n) is 1.74. The van der Waals surface area contributed by atoms with Crippen LogP contribution >= 0.6 is 12.8 Å². The maximum Gasteiger partial charge on any atom is 0.261 e. The van der Waals surface area contributed by atoms with E-state index in [1.807, 2.05) is 0 Å². The molecule has 1 rings (SSSR count). The SMILES string of the molecule is COc1ccc(C(=O)NS)cc1OCF. The predicted octanol–water partition coefficient (Wildman–Crippen LogP) is 1.58. The highest BCUT2D eigenvalue weighted by Crippen LogP contribution is 2.28. The molecule has 15 heavy (non-hydrogen) atoms. The lowest BCUT2D eigenvalue weighted by molar-refractivity contribution is 0.0984. The quantitative estimate of drug-likeness (QED) is 0.773. The molecule has 0 atom stereocenters. The van der Waals surface area contributed by atoms with Crippen molar-refractivity contribution in [3.8, 4) is 11.5 Å². The summed E-state index contributed by atoms with van der Waals surface area (Å²) in [5.41, 5.74) is 0.314. The molecule has 0 aliphatic carbocycles. The van der Waals surface area contributed by atoms with Gasteiger partial charge in [0.1, 0.15) is 0 Å². The van der Waals surface area contributed by atoms with Crippen LogP contribution in [-0.4, -0.2) is 19.9 Å². The number of amides is 1. The van der Waals surface area contributed by atoms with Crippen LogP contribution in [0.25, 0.3) is 0 Å². The average molecular weight is 231 g/mol. The van der Waals surface area contributed by atoms with E-state index >= 15 is 0 Å². The molecule has 1 N–H and O–H groups in total. The van der Waals surface area contributed by atoms with Crippen molar-refractivity contribution in [1.82, 2.24) is 4.72 Å². The molecule has 1 amide bonds. The van der Waals surface area contributed by atoms with Gasteiger partial charge in [0.05, 0.1) is 7.11 Å². The van der Waals surface area contributed by atoms with E-state index in [0.717, 1.165) is 0 Å². The van der Waals surface area contributed by atoms with Crippen LogP contribution in [0, 0.1) is 0 Å². The first-order valence-electron chi connectivity index (χ1n) is 4.04. The maximum atomic E-state index is 12.0. The smallest absolute Gasteiger partial charge is 0.261 e. The van der Waals surface area contributed by atoms with Gasteiger partial charge in [-0.05, 0) is 18.2 Å². The van der Waals surface area contributed by atoms with Crippen LogP contribution in [0.3, 0.4) is 0 Å². The van der Waals surface area contributed by atoms with Crippen molar-refractivity contribution >= 4 is 18.7 Å². The number of carbonyl (C=O) groups excluding carboxylic acids is 1. The highest BCUT2D eigenvalue weighted by atomic mass is 32.1.